The second-order valence-electron chi connectivity index (χ2n) is 5.95. The lowest BCUT2D eigenvalue weighted by atomic mass is 10.1. The van der Waals surface area contributed by atoms with E-state index in [1.165, 1.54) is 6.07 Å². The van der Waals surface area contributed by atoms with Gasteiger partial charge in [-0.05, 0) is 52.2 Å². The van der Waals surface area contributed by atoms with Gasteiger partial charge in [0.15, 0.2) is 0 Å². The Morgan fingerprint density at radius 3 is 2.65 bits per heavy atom. The zero-order valence-electron chi connectivity index (χ0n) is 13.6. The minimum Gasteiger partial charge on any atom is -0.355 e. The minimum atomic E-state index is -4.57. The fraction of sp³-hybridized carbons (Fsp3) is 0.353. The Morgan fingerprint density at radius 2 is 2.00 bits per heavy atom. The van der Waals surface area contributed by atoms with E-state index in [1.54, 1.807) is 6.20 Å². The first-order valence-corrected chi connectivity index (χ1v) is 8.58. The highest BCUT2D eigenvalue weighted by molar-refractivity contribution is 9.10. The van der Waals surface area contributed by atoms with E-state index < -0.39 is 17.6 Å². The Kier molecular flexibility index (Phi) is 6.87. The summed E-state index contributed by atoms with van der Waals surface area (Å²) in [6.45, 7) is 1.49. The molecule has 1 saturated heterocycles. The molecule has 3 rings (SSSR count). The molecule has 1 atom stereocenters. The van der Waals surface area contributed by atoms with Crippen LogP contribution in [-0.2, 0) is 12.7 Å². The summed E-state index contributed by atoms with van der Waals surface area (Å²) < 4.78 is 53.1. The van der Waals surface area contributed by atoms with Crippen LogP contribution in [0, 0.1) is 5.82 Å². The summed E-state index contributed by atoms with van der Waals surface area (Å²) in [5.74, 6) is -0.0466. The molecule has 0 radical (unpaired) electrons. The number of benzene rings is 1. The van der Waals surface area contributed by atoms with Crippen molar-refractivity contribution in [1.29, 1.82) is 0 Å². The highest BCUT2D eigenvalue weighted by Crippen LogP contribution is 2.32. The summed E-state index contributed by atoms with van der Waals surface area (Å²) in [5, 5.41) is 3.14. The number of hydrogen-bond acceptors (Lipinski definition) is 3. The van der Waals surface area contributed by atoms with Gasteiger partial charge in [-0.25, -0.2) is 9.37 Å². The first-order valence-electron chi connectivity index (χ1n) is 7.78. The molecule has 1 unspecified atom stereocenters. The normalized spacial score (nSPS) is 17.3. The number of anilines is 1. The van der Waals surface area contributed by atoms with Gasteiger partial charge in [-0.15, -0.1) is 12.4 Å². The molecule has 1 N–H and O–H groups in total. The summed E-state index contributed by atoms with van der Waals surface area (Å²) in [5.41, 5.74) is -0.876. The van der Waals surface area contributed by atoms with Crippen LogP contribution in [0.5, 0.6) is 0 Å². The number of alkyl halides is 3. The number of nitrogens with zero attached hydrogens (tertiary/aromatic N) is 2. The van der Waals surface area contributed by atoms with Gasteiger partial charge < -0.3 is 10.2 Å². The molecule has 1 aliphatic rings. The van der Waals surface area contributed by atoms with E-state index in [2.05, 4.69) is 31.1 Å². The maximum atomic E-state index is 13.1. The number of hydrogen-bond donors (Lipinski definition) is 1. The van der Waals surface area contributed by atoms with Gasteiger partial charge in [-0.1, -0.05) is 6.07 Å². The third-order valence-electron chi connectivity index (χ3n) is 4.18. The fourth-order valence-electron chi connectivity index (χ4n) is 2.91. The molecule has 0 spiro atoms. The summed E-state index contributed by atoms with van der Waals surface area (Å²) in [6, 6.07) is 6.64. The molecular formula is C17H17BrClF4N3. The molecular weight excluding hydrogens is 438 g/mol. The molecule has 0 aliphatic carbocycles. The lowest BCUT2D eigenvalue weighted by Gasteiger charge is -2.19. The van der Waals surface area contributed by atoms with Crippen LogP contribution < -0.4 is 10.2 Å². The molecule has 1 aromatic carbocycles. The lowest BCUT2D eigenvalue weighted by molar-refractivity contribution is -0.138. The van der Waals surface area contributed by atoms with E-state index in [0.717, 1.165) is 29.3 Å². The van der Waals surface area contributed by atoms with Crippen LogP contribution in [-0.4, -0.2) is 24.1 Å². The Hall–Kier alpha value is -1.38. The molecule has 2 heterocycles. The average Bonchev–Trinajstić information content (AvgIpc) is 3.02. The monoisotopic (exact) mass is 453 g/mol. The number of pyridine rings is 1. The highest BCUT2D eigenvalue weighted by Gasteiger charge is 2.34. The Morgan fingerprint density at radius 1 is 1.23 bits per heavy atom. The number of halogens is 6. The molecule has 26 heavy (non-hydrogen) atoms. The second-order valence-corrected chi connectivity index (χ2v) is 6.86. The predicted molar refractivity (Wildman–Crippen MR) is 98.0 cm³/mol. The van der Waals surface area contributed by atoms with Gasteiger partial charge in [-0.3, -0.25) is 0 Å². The van der Waals surface area contributed by atoms with Crippen molar-refractivity contribution in [2.24, 2.45) is 0 Å². The van der Waals surface area contributed by atoms with Crippen LogP contribution in [0.25, 0.3) is 0 Å². The van der Waals surface area contributed by atoms with Crippen LogP contribution in [0.2, 0.25) is 0 Å². The minimum absolute atomic E-state index is 0. The number of aromatic nitrogens is 1. The zero-order valence-corrected chi connectivity index (χ0v) is 16.0. The highest BCUT2D eigenvalue weighted by atomic mass is 79.9. The summed E-state index contributed by atoms with van der Waals surface area (Å²) in [4.78, 5) is 6.41. The van der Waals surface area contributed by atoms with Crippen molar-refractivity contribution < 1.29 is 17.6 Å². The van der Waals surface area contributed by atoms with Crippen LogP contribution in [0.1, 0.15) is 17.5 Å². The zero-order chi connectivity index (χ0) is 18.0. The quantitative estimate of drug-likeness (QED) is 0.673. The van der Waals surface area contributed by atoms with Gasteiger partial charge in [0.25, 0.3) is 0 Å². The molecule has 0 amide bonds. The fourth-order valence-corrected chi connectivity index (χ4v) is 3.15. The predicted octanol–water partition coefficient (Wildman–Crippen LogP) is 4.79. The van der Waals surface area contributed by atoms with Crippen molar-refractivity contribution >= 4 is 34.2 Å². The van der Waals surface area contributed by atoms with E-state index >= 15 is 0 Å². The third kappa shape index (κ3) is 5.08. The summed E-state index contributed by atoms with van der Waals surface area (Å²) in [7, 11) is 0. The Bertz CT molecular complexity index is 740. The summed E-state index contributed by atoms with van der Waals surface area (Å²) >= 11 is 3.33. The third-order valence-corrected chi connectivity index (χ3v) is 4.65. The van der Waals surface area contributed by atoms with Gasteiger partial charge in [0.1, 0.15) is 11.6 Å². The van der Waals surface area contributed by atoms with Crippen molar-refractivity contribution in [1.82, 2.24) is 10.3 Å². The maximum Gasteiger partial charge on any atom is 0.416 e. The number of rotatable bonds is 4. The first kappa shape index (κ1) is 20.9. The molecule has 0 bridgehead atoms. The van der Waals surface area contributed by atoms with Crippen molar-refractivity contribution in [3.63, 3.8) is 0 Å². The number of nitrogens with one attached hydrogen (secondary N) is 1. The Labute approximate surface area is 163 Å². The molecule has 1 aromatic heterocycles. The van der Waals surface area contributed by atoms with E-state index in [-0.39, 0.29) is 30.6 Å². The Balaban J connectivity index is 0.00000243. The SMILES string of the molecule is Cl.Fc1ccc(CNC2CCN(c3ccc(Br)cn3)C2)c(C(F)(F)F)c1. The van der Waals surface area contributed by atoms with E-state index in [0.29, 0.717) is 12.6 Å². The largest absolute Gasteiger partial charge is 0.416 e. The van der Waals surface area contributed by atoms with Crippen molar-refractivity contribution in [2.75, 3.05) is 18.0 Å². The van der Waals surface area contributed by atoms with Crippen LogP contribution >= 0.6 is 28.3 Å². The van der Waals surface area contributed by atoms with Crippen LogP contribution in [0.4, 0.5) is 23.4 Å². The van der Waals surface area contributed by atoms with Crippen molar-refractivity contribution in [3.8, 4) is 0 Å². The average molecular weight is 455 g/mol. The smallest absolute Gasteiger partial charge is 0.355 e. The summed E-state index contributed by atoms with van der Waals surface area (Å²) in [6.07, 6.45) is -2.05. The van der Waals surface area contributed by atoms with Gasteiger partial charge in [-0.2, -0.15) is 13.2 Å². The first-order chi connectivity index (χ1) is 11.8. The van der Waals surface area contributed by atoms with Gasteiger partial charge in [0, 0.05) is 36.3 Å². The van der Waals surface area contributed by atoms with E-state index in [1.807, 2.05) is 12.1 Å². The van der Waals surface area contributed by atoms with Gasteiger partial charge in [0.2, 0.25) is 0 Å². The maximum absolute atomic E-state index is 13.1. The molecule has 3 nitrogen and oxygen atoms in total. The lowest BCUT2D eigenvalue weighted by Crippen LogP contribution is -2.33. The molecule has 142 valence electrons. The molecule has 0 saturated carbocycles. The van der Waals surface area contributed by atoms with Crippen molar-refractivity contribution in [3.05, 3.63) is 57.9 Å². The van der Waals surface area contributed by atoms with Crippen LogP contribution in [0.15, 0.2) is 41.0 Å². The second kappa shape index (κ2) is 8.54. The molecule has 1 fully saturated rings. The van der Waals surface area contributed by atoms with E-state index in [9.17, 15) is 17.6 Å². The van der Waals surface area contributed by atoms with Crippen molar-refractivity contribution in [2.45, 2.75) is 25.2 Å². The van der Waals surface area contributed by atoms with Gasteiger partial charge in [0.05, 0.1) is 5.56 Å². The topological polar surface area (TPSA) is 28.2 Å². The van der Waals surface area contributed by atoms with E-state index in [4.69, 9.17) is 0 Å². The standard InChI is InChI=1S/C17H16BrF4N3.ClH/c18-12-2-4-16(24-9-12)25-6-5-14(10-25)23-8-11-1-3-13(19)7-15(11)17(20,21)22;/h1-4,7,9,14,23H,5-6,8,10H2;1H. The van der Waals surface area contributed by atoms with Crippen LogP contribution in [0.3, 0.4) is 0 Å². The molecule has 2 aromatic rings. The molecule has 9 heteroatoms. The molecule has 1 aliphatic heterocycles. The van der Waals surface area contributed by atoms with Gasteiger partial charge >= 0.3 is 6.18 Å².